The van der Waals surface area contributed by atoms with Gasteiger partial charge in [-0.3, -0.25) is 0 Å². The first kappa shape index (κ1) is 8.97. The lowest BCUT2D eigenvalue weighted by atomic mass is 9.99. The maximum atomic E-state index is 9.39. The molecule has 66 valence electrons. The number of rotatable bonds is 1. The SMILES string of the molecule is CC(O)[C@H]1C[C@@H](C)[C@H](O)[C@@H]1O. The molecule has 1 fully saturated rings. The molecule has 0 aromatic carbocycles. The van der Waals surface area contributed by atoms with Gasteiger partial charge in [-0.15, -0.1) is 0 Å². The molecule has 11 heavy (non-hydrogen) atoms. The second kappa shape index (κ2) is 3.09. The summed E-state index contributed by atoms with van der Waals surface area (Å²) in [5.74, 6) is -0.0513. The van der Waals surface area contributed by atoms with Crippen molar-refractivity contribution in [2.45, 2.75) is 38.6 Å². The number of aliphatic hydroxyl groups is 3. The highest BCUT2D eigenvalue weighted by Gasteiger charge is 2.40. The van der Waals surface area contributed by atoms with E-state index < -0.39 is 18.3 Å². The molecule has 1 saturated carbocycles. The summed E-state index contributed by atoms with van der Waals surface area (Å²) in [6, 6.07) is 0. The lowest BCUT2D eigenvalue weighted by Crippen LogP contribution is -2.32. The molecule has 5 atom stereocenters. The van der Waals surface area contributed by atoms with Gasteiger partial charge in [0.05, 0.1) is 18.3 Å². The van der Waals surface area contributed by atoms with Crippen LogP contribution in [0.5, 0.6) is 0 Å². The van der Waals surface area contributed by atoms with E-state index in [1.165, 1.54) is 0 Å². The zero-order chi connectivity index (χ0) is 8.59. The van der Waals surface area contributed by atoms with Gasteiger partial charge in [0, 0.05) is 5.92 Å². The number of hydrogen-bond donors (Lipinski definition) is 3. The lowest BCUT2D eigenvalue weighted by Gasteiger charge is -2.18. The molecule has 0 spiro atoms. The van der Waals surface area contributed by atoms with E-state index in [2.05, 4.69) is 0 Å². The largest absolute Gasteiger partial charge is 0.393 e. The van der Waals surface area contributed by atoms with E-state index in [1.807, 2.05) is 6.92 Å². The van der Waals surface area contributed by atoms with Crippen LogP contribution >= 0.6 is 0 Å². The van der Waals surface area contributed by atoms with Gasteiger partial charge in [-0.1, -0.05) is 6.92 Å². The van der Waals surface area contributed by atoms with Crippen molar-refractivity contribution in [2.24, 2.45) is 11.8 Å². The van der Waals surface area contributed by atoms with E-state index in [0.29, 0.717) is 6.42 Å². The van der Waals surface area contributed by atoms with Crippen LogP contribution < -0.4 is 0 Å². The van der Waals surface area contributed by atoms with Gasteiger partial charge in [0.25, 0.3) is 0 Å². The highest BCUT2D eigenvalue weighted by molar-refractivity contribution is 4.91. The molecule has 3 nitrogen and oxygen atoms in total. The van der Waals surface area contributed by atoms with Crippen LogP contribution in [-0.2, 0) is 0 Å². The van der Waals surface area contributed by atoms with Crippen LogP contribution in [0.3, 0.4) is 0 Å². The smallest absolute Gasteiger partial charge is 0.0854 e. The van der Waals surface area contributed by atoms with E-state index in [1.54, 1.807) is 6.92 Å². The van der Waals surface area contributed by atoms with Crippen molar-refractivity contribution in [3.8, 4) is 0 Å². The van der Waals surface area contributed by atoms with E-state index in [9.17, 15) is 15.3 Å². The molecule has 0 aromatic rings. The Balaban J connectivity index is 2.59. The monoisotopic (exact) mass is 160 g/mol. The predicted octanol–water partition coefficient (Wildman–Crippen LogP) is -0.255. The minimum Gasteiger partial charge on any atom is -0.393 e. The minimum absolute atomic E-state index is 0.101. The first-order valence-corrected chi connectivity index (χ1v) is 4.08. The molecule has 1 aliphatic carbocycles. The summed E-state index contributed by atoms with van der Waals surface area (Å²) in [6.45, 7) is 3.54. The minimum atomic E-state index is -0.745. The Morgan fingerprint density at radius 3 is 2.00 bits per heavy atom. The summed E-state index contributed by atoms with van der Waals surface area (Å²) < 4.78 is 0. The third-order valence-corrected chi connectivity index (χ3v) is 2.64. The molecule has 0 amide bonds. The molecular formula is C8H16O3. The molecule has 0 aliphatic heterocycles. The molecule has 0 bridgehead atoms. The Bertz CT molecular complexity index is 135. The van der Waals surface area contributed by atoms with Crippen LogP contribution in [0.1, 0.15) is 20.3 Å². The summed E-state index contributed by atoms with van der Waals surface area (Å²) in [6.07, 6.45) is -1.22. The Hall–Kier alpha value is -0.120. The lowest BCUT2D eigenvalue weighted by molar-refractivity contribution is -0.0212. The predicted molar refractivity (Wildman–Crippen MR) is 41.0 cm³/mol. The summed E-state index contributed by atoms with van der Waals surface area (Å²) >= 11 is 0. The number of hydrogen-bond acceptors (Lipinski definition) is 3. The molecule has 0 saturated heterocycles. The Labute approximate surface area is 66.7 Å². The molecule has 0 heterocycles. The van der Waals surface area contributed by atoms with Crippen molar-refractivity contribution in [3.63, 3.8) is 0 Å². The van der Waals surface area contributed by atoms with Crippen LogP contribution in [0.2, 0.25) is 0 Å². The van der Waals surface area contributed by atoms with E-state index in [0.717, 1.165) is 0 Å². The topological polar surface area (TPSA) is 60.7 Å². The normalized spacial score (nSPS) is 47.7. The Morgan fingerprint density at radius 2 is 1.82 bits per heavy atom. The standard InChI is InChI=1S/C8H16O3/c1-4-3-6(5(2)9)8(11)7(4)10/h4-11H,3H2,1-2H3/t4-,5?,6-,7+,8-/m1/s1. The van der Waals surface area contributed by atoms with Gasteiger partial charge in [0.15, 0.2) is 0 Å². The summed E-state index contributed by atoms with van der Waals surface area (Å²) in [4.78, 5) is 0. The van der Waals surface area contributed by atoms with Gasteiger partial charge in [0.1, 0.15) is 0 Å². The molecule has 0 aromatic heterocycles. The van der Waals surface area contributed by atoms with Crippen molar-refractivity contribution in [1.29, 1.82) is 0 Å². The summed E-state index contributed by atoms with van der Waals surface area (Å²) in [5.41, 5.74) is 0. The zero-order valence-electron chi connectivity index (χ0n) is 6.94. The molecule has 1 rings (SSSR count). The average Bonchev–Trinajstić information content (AvgIpc) is 2.17. The summed E-state index contributed by atoms with van der Waals surface area (Å²) in [5, 5.41) is 27.9. The van der Waals surface area contributed by atoms with Crippen LogP contribution in [0.4, 0.5) is 0 Å². The molecule has 1 aliphatic rings. The third kappa shape index (κ3) is 1.55. The third-order valence-electron chi connectivity index (χ3n) is 2.64. The van der Waals surface area contributed by atoms with Crippen LogP contribution in [0.25, 0.3) is 0 Å². The van der Waals surface area contributed by atoms with Crippen molar-refractivity contribution in [1.82, 2.24) is 0 Å². The summed E-state index contributed by atoms with van der Waals surface area (Å²) in [7, 11) is 0. The quantitative estimate of drug-likeness (QED) is 0.495. The first-order valence-electron chi connectivity index (χ1n) is 4.08. The van der Waals surface area contributed by atoms with Crippen LogP contribution in [0, 0.1) is 11.8 Å². The average molecular weight is 160 g/mol. The molecule has 1 unspecified atom stereocenters. The van der Waals surface area contributed by atoms with Gasteiger partial charge in [-0.25, -0.2) is 0 Å². The Kier molecular flexibility index (Phi) is 2.52. The Morgan fingerprint density at radius 1 is 1.27 bits per heavy atom. The molecule has 3 N–H and O–H groups in total. The van der Waals surface area contributed by atoms with Gasteiger partial charge in [0.2, 0.25) is 0 Å². The fraction of sp³-hybridized carbons (Fsp3) is 1.00. The van der Waals surface area contributed by atoms with Gasteiger partial charge < -0.3 is 15.3 Å². The van der Waals surface area contributed by atoms with E-state index >= 15 is 0 Å². The van der Waals surface area contributed by atoms with Crippen LogP contribution in [0.15, 0.2) is 0 Å². The number of aliphatic hydroxyl groups excluding tert-OH is 3. The van der Waals surface area contributed by atoms with Gasteiger partial charge in [-0.2, -0.15) is 0 Å². The maximum Gasteiger partial charge on any atom is 0.0854 e. The maximum absolute atomic E-state index is 9.39. The first-order chi connectivity index (χ1) is 5.04. The van der Waals surface area contributed by atoms with Gasteiger partial charge >= 0.3 is 0 Å². The zero-order valence-corrected chi connectivity index (χ0v) is 6.94. The fourth-order valence-corrected chi connectivity index (χ4v) is 1.78. The van der Waals surface area contributed by atoms with Crippen molar-refractivity contribution in [2.75, 3.05) is 0 Å². The second-order valence-corrected chi connectivity index (χ2v) is 3.60. The van der Waals surface area contributed by atoms with Crippen molar-refractivity contribution >= 4 is 0 Å². The molecule has 0 radical (unpaired) electrons. The van der Waals surface area contributed by atoms with E-state index in [4.69, 9.17) is 0 Å². The van der Waals surface area contributed by atoms with Crippen molar-refractivity contribution in [3.05, 3.63) is 0 Å². The van der Waals surface area contributed by atoms with Gasteiger partial charge in [-0.05, 0) is 19.3 Å². The van der Waals surface area contributed by atoms with Crippen molar-refractivity contribution < 1.29 is 15.3 Å². The highest BCUT2D eigenvalue weighted by atomic mass is 16.3. The fourth-order valence-electron chi connectivity index (χ4n) is 1.78. The molecular weight excluding hydrogens is 144 g/mol. The van der Waals surface area contributed by atoms with E-state index in [-0.39, 0.29) is 11.8 Å². The highest BCUT2D eigenvalue weighted by Crippen LogP contribution is 2.33. The molecule has 3 heteroatoms. The second-order valence-electron chi connectivity index (χ2n) is 3.60. The van der Waals surface area contributed by atoms with Crippen LogP contribution in [-0.4, -0.2) is 33.6 Å².